The minimum Gasteiger partial charge on any atom is -0.496 e. The molecule has 5 rings (SSSR count). The van der Waals surface area contributed by atoms with Crippen LogP contribution in [0.3, 0.4) is 0 Å². The van der Waals surface area contributed by atoms with Crippen molar-refractivity contribution in [3.63, 3.8) is 0 Å². The number of rotatable bonds is 8. The van der Waals surface area contributed by atoms with Crippen LogP contribution in [-0.4, -0.2) is 39.1 Å². The van der Waals surface area contributed by atoms with Gasteiger partial charge in [0.05, 0.1) is 39.3 Å². The molecule has 1 N–H and O–H groups in total. The Bertz CT molecular complexity index is 2100. The summed E-state index contributed by atoms with van der Waals surface area (Å²) in [6, 6.07) is 10.2. The van der Waals surface area contributed by atoms with Crippen LogP contribution in [0.2, 0.25) is 0 Å². The summed E-state index contributed by atoms with van der Waals surface area (Å²) in [5.41, 5.74) is 0.975. The molecule has 226 valence electrons. The lowest BCUT2D eigenvalue weighted by molar-refractivity contribution is -0.387. The zero-order valence-corrected chi connectivity index (χ0v) is 27.0. The molecule has 0 saturated heterocycles. The van der Waals surface area contributed by atoms with Gasteiger partial charge in [0.25, 0.3) is 16.8 Å². The number of thiazole rings is 1. The zero-order chi connectivity index (χ0) is 31.7. The molecule has 3 heterocycles. The molecule has 44 heavy (non-hydrogen) atoms. The number of hydrogen-bond acceptors (Lipinski definition) is 11. The van der Waals surface area contributed by atoms with Crippen LogP contribution in [0, 0.1) is 17.0 Å². The van der Waals surface area contributed by atoms with Crippen LogP contribution in [0.1, 0.15) is 36.7 Å². The van der Waals surface area contributed by atoms with Crippen LogP contribution in [0.25, 0.3) is 6.08 Å². The maximum absolute atomic E-state index is 14.0. The van der Waals surface area contributed by atoms with E-state index in [1.807, 2.05) is 0 Å². The number of benzene rings is 2. The molecule has 12 nitrogen and oxygen atoms in total. The first kappa shape index (κ1) is 31.1. The van der Waals surface area contributed by atoms with Crippen molar-refractivity contribution in [2.45, 2.75) is 36.9 Å². The summed E-state index contributed by atoms with van der Waals surface area (Å²) >= 11 is 5.52. The molecule has 0 saturated carbocycles. The molecule has 2 aromatic heterocycles. The Hall–Kier alpha value is -4.34. The summed E-state index contributed by atoms with van der Waals surface area (Å²) in [6.45, 7) is 5.15. The molecule has 1 atom stereocenters. The molecule has 15 heteroatoms. The number of halogens is 1. The summed E-state index contributed by atoms with van der Waals surface area (Å²) in [7, 11) is 1.50. The minimum atomic E-state index is -0.906. The Balaban J connectivity index is 1.66. The Kier molecular flexibility index (Phi) is 8.99. The monoisotopic (exact) mass is 697 g/mol. The summed E-state index contributed by atoms with van der Waals surface area (Å²) in [5, 5.41) is 12.2. The third-order valence-electron chi connectivity index (χ3n) is 6.54. The fourth-order valence-electron chi connectivity index (χ4n) is 4.71. The van der Waals surface area contributed by atoms with E-state index in [1.54, 1.807) is 45.0 Å². The van der Waals surface area contributed by atoms with Gasteiger partial charge in [-0.1, -0.05) is 33.3 Å². The van der Waals surface area contributed by atoms with E-state index in [2.05, 4.69) is 30.9 Å². The van der Waals surface area contributed by atoms with E-state index in [4.69, 9.17) is 9.47 Å². The Morgan fingerprint density at radius 3 is 2.68 bits per heavy atom. The highest BCUT2D eigenvalue weighted by Gasteiger charge is 2.35. The second kappa shape index (κ2) is 12.7. The number of nitro groups is 1. The molecular weight excluding hydrogens is 674 g/mol. The highest BCUT2D eigenvalue weighted by molar-refractivity contribution is 9.10. The van der Waals surface area contributed by atoms with Gasteiger partial charge in [-0.3, -0.25) is 24.3 Å². The molecule has 0 fully saturated rings. The molecule has 0 amide bonds. The van der Waals surface area contributed by atoms with E-state index in [-0.39, 0.29) is 38.0 Å². The molecule has 0 bridgehead atoms. The number of fused-ring (bicyclic) bond motifs is 1. The Morgan fingerprint density at radius 2 is 2.00 bits per heavy atom. The van der Waals surface area contributed by atoms with Crippen molar-refractivity contribution in [2.24, 2.45) is 4.99 Å². The van der Waals surface area contributed by atoms with Crippen LogP contribution in [0.15, 0.2) is 82.8 Å². The van der Waals surface area contributed by atoms with Crippen LogP contribution in [0.5, 0.6) is 5.75 Å². The van der Waals surface area contributed by atoms with Gasteiger partial charge in [0.2, 0.25) is 0 Å². The number of aryl methyl sites for hydroxylation is 1. The topological polar surface area (TPSA) is 159 Å². The smallest absolute Gasteiger partial charge is 0.338 e. The van der Waals surface area contributed by atoms with E-state index in [1.165, 1.54) is 36.0 Å². The number of methoxy groups -OCH3 is 1. The van der Waals surface area contributed by atoms with Gasteiger partial charge in [-0.15, -0.1) is 0 Å². The van der Waals surface area contributed by atoms with Gasteiger partial charge in [0, 0.05) is 27.9 Å². The molecule has 2 aromatic carbocycles. The van der Waals surface area contributed by atoms with Crippen molar-refractivity contribution in [3.8, 4) is 5.75 Å². The van der Waals surface area contributed by atoms with Gasteiger partial charge in [0.15, 0.2) is 9.96 Å². The predicted octanol–water partition coefficient (Wildman–Crippen LogP) is 4.02. The average molecular weight is 699 g/mol. The van der Waals surface area contributed by atoms with E-state index in [0.29, 0.717) is 37.5 Å². The number of carbonyl (C=O) groups is 1. The lowest BCUT2D eigenvalue weighted by Gasteiger charge is -2.26. The first-order valence-corrected chi connectivity index (χ1v) is 15.5. The normalized spacial score (nSPS) is 14.7. The van der Waals surface area contributed by atoms with Gasteiger partial charge in [0.1, 0.15) is 11.8 Å². The third kappa shape index (κ3) is 6.16. The van der Waals surface area contributed by atoms with E-state index < -0.39 is 22.5 Å². The summed E-state index contributed by atoms with van der Waals surface area (Å²) in [6.07, 6.45) is 1.54. The van der Waals surface area contributed by atoms with Gasteiger partial charge in [-0.05, 0) is 68.4 Å². The predicted molar refractivity (Wildman–Crippen MR) is 168 cm³/mol. The number of aromatic amines is 1. The number of aromatic nitrogens is 3. The van der Waals surface area contributed by atoms with Gasteiger partial charge in [-0.2, -0.15) is 0 Å². The number of nitrogens with zero attached hydrogens (tertiary/aromatic N) is 4. The maximum Gasteiger partial charge on any atom is 0.338 e. The van der Waals surface area contributed by atoms with Crippen LogP contribution < -0.4 is 25.2 Å². The molecule has 0 aliphatic carbocycles. The highest BCUT2D eigenvalue weighted by Crippen LogP contribution is 2.37. The number of allylic oxidation sites excluding steroid dienone is 1. The van der Waals surface area contributed by atoms with Crippen molar-refractivity contribution in [3.05, 3.63) is 115 Å². The first-order valence-electron chi connectivity index (χ1n) is 13.1. The molecular formula is C29H24BrN5O7S2. The number of hydrogen-bond donors (Lipinski definition) is 1. The minimum absolute atomic E-state index is 0.130. The molecule has 0 spiro atoms. The summed E-state index contributed by atoms with van der Waals surface area (Å²) in [5.74, 6) is -0.152. The van der Waals surface area contributed by atoms with Crippen molar-refractivity contribution >= 4 is 56.8 Å². The van der Waals surface area contributed by atoms with Crippen molar-refractivity contribution in [1.29, 1.82) is 0 Å². The highest BCUT2D eigenvalue weighted by atomic mass is 79.9. The largest absolute Gasteiger partial charge is 0.496 e. The second-order valence-corrected chi connectivity index (χ2v) is 12.4. The summed E-state index contributed by atoms with van der Waals surface area (Å²) in [4.78, 5) is 62.5. The SMILES string of the molecule is CCOC(=O)C1=C(C)N=c2s/c(=C\c3ccc(Sc4nc(C)cc(=O)[nH]4)c([N+](=O)[O-])c3)c(=O)n2[C@H]1c1cc(Br)ccc1OC. The second-order valence-electron chi connectivity index (χ2n) is 9.47. The fraction of sp³-hybridized carbons (Fsp3) is 0.207. The van der Waals surface area contributed by atoms with Gasteiger partial charge < -0.3 is 14.5 Å². The molecule has 0 radical (unpaired) electrons. The first-order chi connectivity index (χ1) is 21.0. The quantitative estimate of drug-likeness (QED) is 0.124. The van der Waals surface area contributed by atoms with Crippen molar-refractivity contribution in [2.75, 3.05) is 13.7 Å². The maximum atomic E-state index is 14.0. The molecule has 1 aliphatic rings. The van der Waals surface area contributed by atoms with E-state index >= 15 is 0 Å². The van der Waals surface area contributed by atoms with Crippen LogP contribution >= 0.6 is 39.0 Å². The van der Waals surface area contributed by atoms with Crippen molar-refractivity contribution in [1.82, 2.24) is 14.5 Å². The fourth-order valence-corrected chi connectivity index (χ4v) is 7.06. The number of nitrogens with one attached hydrogen (secondary N) is 1. The zero-order valence-electron chi connectivity index (χ0n) is 23.7. The number of H-pyrrole nitrogens is 1. The standard InChI is InChI=1S/C29H24BrN5O7S2/c1-5-42-27(38)24-15(3)32-29-34(25(24)18-13-17(30)7-8-20(18)41-4)26(37)22(44-29)12-16-6-9-21(19(11-16)35(39)40)43-28-31-14(2)10-23(36)33-28/h6-13,25H,5H2,1-4H3,(H,31,33,36)/b22-12-/t25-/m0/s1. The van der Waals surface area contributed by atoms with E-state index in [0.717, 1.165) is 23.1 Å². The van der Waals surface area contributed by atoms with Crippen LogP contribution in [0.4, 0.5) is 5.69 Å². The van der Waals surface area contributed by atoms with Gasteiger partial charge >= 0.3 is 5.97 Å². The van der Waals surface area contributed by atoms with Crippen molar-refractivity contribution < 1.29 is 19.2 Å². The van der Waals surface area contributed by atoms with Crippen LogP contribution in [-0.2, 0) is 9.53 Å². The number of ether oxygens (including phenoxy) is 2. The third-order valence-corrected chi connectivity index (χ3v) is 8.96. The molecule has 1 aliphatic heterocycles. The number of esters is 1. The molecule has 0 unspecified atom stereocenters. The lowest BCUT2D eigenvalue weighted by atomic mass is 9.95. The number of carbonyl (C=O) groups excluding carboxylic acids is 1. The molecule has 4 aromatic rings. The van der Waals surface area contributed by atoms with Gasteiger partial charge in [-0.25, -0.2) is 14.8 Å². The lowest BCUT2D eigenvalue weighted by Crippen LogP contribution is -2.40. The Morgan fingerprint density at radius 1 is 1.23 bits per heavy atom. The summed E-state index contributed by atoms with van der Waals surface area (Å²) < 4.78 is 13.3. The number of nitro benzene ring substituents is 1. The Labute approximate surface area is 266 Å². The van der Waals surface area contributed by atoms with E-state index in [9.17, 15) is 24.5 Å². The average Bonchev–Trinajstić information content (AvgIpc) is 3.26.